The summed E-state index contributed by atoms with van der Waals surface area (Å²) in [7, 11) is 1.03. The van der Waals surface area contributed by atoms with Crippen molar-refractivity contribution < 1.29 is 18.8 Å². The Morgan fingerprint density at radius 2 is 1.76 bits per heavy atom. The monoisotopic (exact) mass is 366 g/mol. The number of methoxy groups -OCH3 is 1. The van der Waals surface area contributed by atoms with Crippen molar-refractivity contribution in [3.63, 3.8) is 0 Å². The summed E-state index contributed by atoms with van der Waals surface area (Å²) in [4.78, 5) is 11.1. The van der Waals surface area contributed by atoms with Gasteiger partial charge in [-0.25, -0.2) is 0 Å². The summed E-state index contributed by atoms with van der Waals surface area (Å²) in [5.74, 6) is -0.148. The Bertz CT molecular complexity index is 599. The molecule has 0 radical (unpaired) electrons. The van der Waals surface area contributed by atoms with Crippen LogP contribution < -0.4 is 5.46 Å². The highest BCUT2D eigenvalue weighted by Gasteiger charge is 2.51. The number of benzene rings is 1. The van der Waals surface area contributed by atoms with Crippen LogP contribution >= 0.6 is 11.6 Å². The third-order valence-electron chi connectivity index (χ3n) is 5.16. The standard InChI is InChI=1S/C19H28BClO4/c1-18(2)19(3,4)25-20(24-18)15-12-11-14(16(21)13-15)9-7-6-8-10-17(22)23-5/h11-13H,6-10H2,1-5H3. The average Bonchev–Trinajstić information content (AvgIpc) is 2.76. The average molecular weight is 367 g/mol. The van der Waals surface area contributed by atoms with Crippen LogP contribution in [0.2, 0.25) is 5.02 Å². The lowest BCUT2D eigenvalue weighted by atomic mass is 9.78. The first-order valence-corrected chi connectivity index (χ1v) is 9.25. The van der Waals surface area contributed by atoms with E-state index >= 15 is 0 Å². The summed E-state index contributed by atoms with van der Waals surface area (Å²) in [6.45, 7) is 8.16. The second-order valence-electron chi connectivity index (χ2n) is 7.58. The lowest BCUT2D eigenvalue weighted by molar-refractivity contribution is -0.140. The minimum atomic E-state index is -0.392. The van der Waals surface area contributed by atoms with E-state index in [1.54, 1.807) is 0 Å². The Kier molecular flexibility index (Phi) is 6.58. The van der Waals surface area contributed by atoms with Crippen LogP contribution in [0.3, 0.4) is 0 Å². The molecule has 0 aromatic heterocycles. The number of rotatable bonds is 7. The molecular formula is C19H28BClO4. The molecule has 138 valence electrons. The molecule has 4 nitrogen and oxygen atoms in total. The largest absolute Gasteiger partial charge is 0.494 e. The van der Waals surface area contributed by atoms with Gasteiger partial charge in [-0.2, -0.15) is 0 Å². The molecule has 0 spiro atoms. The fraction of sp³-hybridized carbons (Fsp3) is 0.632. The predicted molar refractivity (Wildman–Crippen MR) is 101 cm³/mol. The van der Waals surface area contributed by atoms with Gasteiger partial charge in [0.05, 0.1) is 18.3 Å². The van der Waals surface area contributed by atoms with Crippen molar-refractivity contribution in [2.75, 3.05) is 7.11 Å². The zero-order chi connectivity index (χ0) is 18.7. The van der Waals surface area contributed by atoms with Crippen LogP contribution in [-0.2, 0) is 25.3 Å². The van der Waals surface area contributed by atoms with Gasteiger partial charge in [-0.1, -0.05) is 30.2 Å². The molecule has 1 heterocycles. The molecule has 25 heavy (non-hydrogen) atoms. The summed E-state index contributed by atoms with van der Waals surface area (Å²) in [5.41, 5.74) is 1.34. The zero-order valence-electron chi connectivity index (χ0n) is 15.9. The summed E-state index contributed by atoms with van der Waals surface area (Å²) in [6.07, 6.45) is 4.18. The van der Waals surface area contributed by atoms with Gasteiger partial charge in [-0.05, 0) is 64.1 Å². The molecule has 0 atom stereocenters. The third-order valence-corrected chi connectivity index (χ3v) is 5.51. The van der Waals surface area contributed by atoms with Gasteiger partial charge in [-0.3, -0.25) is 4.79 Å². The van der Waals surface area contributed by atoms with E-state index in [1.165, 1.54) is 7.11 Å². The number of ether oxygens (including phenoxy) is 1. The molecule has 1 aromatic rings. The van der Waals surface area contributed by atoms with Crippen molar-refractivity contribution >= 4 is 30.2 Å². The molecule has 1 aromatic carbocycles. The highest BCUT2D eigenvalue weighted by atomic mass is 35.5. The van der Waals surface area contributed by atoms with E-state index in [0.29, 0.717) is 6.42 Å². The van der Waals surface area contributed by atoms with Crippen LogP contribution in [0.1, 0.15) is 58.9 Å². The lowest BCUT2D eigenvalue weighted by Gasteiger charge is -2.32. The van der Waals surface area contributed by atoms with Gasteiger partial charge in [0.2, 0.25) is 0 Å². The number of hydrogen-bond donors (Lipinski definition) is 0. The SMILES string of the molecule is COC(=O)CCCCCc1ccc(B2OC(C)(C)C(C)(C)O2)cc1Cl. The molecule has 0 saturated carbocycles. The second-order valence-corrected chi connectivity index (χ2v) is 7.98. The smallest absolute Gasteiger partial charge is 0.469 e. The number of carbonyl (C=O) groups is 1. The number of esters is 1. The van der Waals surface area contributed by atoms with Crippen molar-refractivity contribution in [2.45, 2.75) is 71.0 Å². The maximum atomic E-state index is 11.1. The highest BCUT2D eigenvalue weighted by Crippen LogP contribution is 2.36. The van der Waals surface area contributed by atoms with Crippen LogP contribution in [0.5, 0.6) is 0 Å². The zero-order valence-corrected chi connectivity index (χ0v) is 16.6. The van der Waals surface area contributed by atoms with Crippen molar-refractivity contribution in [1.82, 2.24) is 0 Å². The fourth-order valence-corrected chi connectivity index (χ4v) is 3.04. The van der Waals surface area contributed by atoms with Gasteiger partial charge < -0.3 is 14.0 Å². The minimum absolute atomic E-state index is 0.148. The maximum Gasteiger partial charge on any atom is 0.494 e. The molecule has 1 fully saturated rings. The van der Waals surface area contributed by atoms with Crippen molar-refractivity contribution in [3.8, 4) is 0 Å². The van der Waals surface area contributed by atoms with E-state index in [9.17, 15) is 4.79 Å². The number of unbranched alkanes of at least 4 members (excludes halogenated alkanes) is 2. The van der Waals surface area contributed by atoms with Crippen LogP contribution in [0.15, 0.2) is 18.2 Å². The highest BCUT2D eigenvalue weighted by molar-refractivity contribution is 6.62. The van der Waals surface area contributed by atoms with E-state index < -0.39 is 7.12 Å². The summed E-state index contributed by atoms with van der Waals surface area (Å²) in [5, 5.41) is 0.736. The van der Waals surface area contributed by atoms with Gasteiger partial charge in [0.1, 0.15) is 0 Å². The van der Waals surface area contributed by atoms with E-state index in [-0.39, 0.29) is 17.2 Å². The lowest BCUT2D eigenvalue weighted by Crippen LogP contribution is -2.41. The topological polar surface area (TPSA) is 44.8 Å². The molecule has 0 bridgehead atoms. The molecule has 2 rings (SSSR count). The van der Waals surface area contributed by atoms with E-state index in [2.05, 4.69) is 4.74 Å². The quantitative estimate of drug-likeness (QED) is 0.417. The van der Waals surface area contributed by atoms with E-state index in [0.717, 1.165) is 41.7 Å². The first-order valence-electron chi connectivity index (χ1n) is 8.87. The summed E-state index contributed by atoms with van der Waals surface area (Å²) < 4.78 is 16.8. The Balaban J connectivity index is 1.90. The van der Waals surface area contributed by atoms with Crippen molar-refractivity contribution in [2.24, 2.45) is 0 Å². The van der Waals surface area contributed by atoms with E-state index in [1.807, 2.05) is 45.9 Å². The van der Waals surface area contributed by atoms with Crippen molar-refractivity contribution in [1.29, 1.82) is 0 Å². The molecule has 0 aliphatic carbocycles. The molecular weight excluding hydrogens is 338 g/mol. The Labute approximate surface area is 156 Å². The van der Waals surface area contributed by atoms with Gasteiger partial charge in [0.15, 0.2) is 0 Å². The normalized spacial score (nSPS) is 18.4. The second kappa shape index (κ2) is 8.11. The number of halogens is 1. The third kappa shape index (κ3) is 4.99. The maximum absolute atomic E-state index is 11.1. The van der Waals surface area contributed by atoms with Crippen LogP contribution in [-0.4, -0.2) is 31.4 Å². The first kappa shape index (κ1) is 20.3. The van der Waals surface area contributed by atoms with Gasteiger partial charge >= 0.3 is 13.1 Å². The van der Waals surface area contributed by atoms with Crippen LogP contribution in [0, 0.1) is 0 Å². The van der Waals surface area contributed by atoms with Gasteiger partial charge in [0, 0.05) is 11.4 Å². The van der Waals surface area contributed by atoms with Crippen LogP contribution in [0.25, 0.3) is 0 Å². The molecule has 1 saturated heterocycles. The molecule has 6 heteroatoms. The minimum Gasteiger partial charge on any atom is -0.469 e. The number of hydrogen-bond acceptors (Lipinski definition) is 4. The van der Waals surface area contributed by atoms with E-state index in [4.69, 9.17) is 20.9 Å². The Morgan fingerprint density at radius 3 is 2.32 bits per heavy atom. The van der Waals surface area contributed by atoms with Gasteiger partial charge in [0.25, 0.3) is 0 Å². The number of carbonyl (C=O) groups excluding carboxylic acids is 1. The Morgan fingerprint density at radius 1 is 1.12 bits per heavy atom. The van der Waals surface area contributed by atoms with Gasteiger partial charge in [-0.15, -0.1) is 0 Å². The molecule has 1 aliphatic rings. The molecule has 0 N–H and O–H groups in total. The molecule has 0 unspecified atom stereocenters. The first-order chi connectivity index (χ1) is 11.7. The fourth-order valence-electron chi connectivity index (χ4n) is 2.76. The molecule has 0 amide bonds. The van der Waals surface area contributed by atoms with Crippen molar-refractivity contribution in [3.05, 3.63) is 28.8 Å². The number of aryl methyl sites for hydroxylation is 1. The Hall–Kier alpha value is -1.04. The predicted octanol–water partition coefficient (Wildman–Crippen LogP) is 3.92. The summed E-state index contributed by atoms with van der Waals surface area (Å²) in [6, 6.07) is 6.01. The summed E-state index contributed by atoms with van der Waals surface area (Å²) >= 11 is 6.45. The molecule has 1 aliphatic heterocycles. The van der Waals surface area contributed by atoms with Crippen LogP contribution in [0.4, 0.5) is 0 Å².